The van der Waals surface area contributed by atoms with E-state index in [4.69, 9.17) is 22.8 Å². The predicted octanol–water partition coefficient (Wildman–Crippen LogP) is 5.37. The lowest BCUT2D eigenvalue weighted by molar-refractivity contribution is -0.140. The Hall–Kier alpha value is -3.15. The lowest BCUT2D eigenvalue weighted by atomic mass is 10.0. The Balaban J connectivity index is 2.50. The molecule has 37 heavy (non-hydrogen) atoms. The van der Waals surface area contributed by atoms with E-state index < -0.39 is 35.6 Å². The monoisotopic (exact) mass is 543 g/mol. The Morgan fingerprint density at radius 2 is 1.81 bits per heavy atom. The van der Waals surface area contributed by atoms with Crippen LogP contribution in [0.2, 0.25) is 5.02 Å². The zero-order valence-corrected chi connectivity index (χ0v) is 23.5. The summed E-state index contributed by atoms with van der Waals surface area (Å²) in [5.41, 5.74) is 1.68. The summed E-state index contributed by atoms with van der Waals surface area (Å²) >= 11 is 10.6. The van der Waals surface area contributed by atoms with Gasteiger partial charge in [0.2, 0.25) is 5.91 Å². The summed E-state index contributed by atoms with van der Waals surface area (Å²) in [6, 6.07) is 10.1. The van der Waals surface area contributed by atoms with E-state index in [-0.39, 0.29) is 12.3 Å². The number of terminal acetylenes is 1. The van der Waals surface area contributed by atoms with Crippen molar-refractivity contribution in [1.82, 2.24) is 10.2 Å². The molecule has 2 rings (SSSR count). The molecule has 2 N–H and O–H groups in total. The van der Waals surface area contributed by atoms with Crippen molar-refractivity contribution in [3.63, 3.8) is 0 Å². The minimum atomic E-state index is -1.03. The van der Waals surface area contributed by atoms with Gasteiger partial charge < -0.3 is 20.3 Å². The van der Waals surface area contributed by atoms with Crippen molar-refractivity contribution in [1.29, 1.82) is 0 Å². The number of amides is 3. The third kappa shape index (κ3) is 8.44. The number of hydrogen-bond donors (Lipinski definition) is 3. The Morgan fingerprint density at radius 1 is 1.16 bits per heavy atom. The molecule has 0 aliphatic rings. The van der Waals surface area contributed by atoms with Gasteiger partial charge in [0.25, 0.3) is 5.91 Å². The fourth-order valence-corrected chi connectivity index (χ4v) is 4.18. The molecular formula is C28H34ClN3O4S. The molecule has 2 unspecified atom stereocenters. The van der Waals surface area contributed by atoms with Crippen molar-refractivity contribution in [2.24, 2.45) is 0 Å². The lowest BCUT2D eigenvalue weighted by Gasteiger charge is -2.34. The van der Waals surface area contributed by atoms with Crippen molar-refractivity contribution in [2.75, 3.05) is 17.6 Å². The number of carbonyl (C=O) groups is 3. The van der Waals surface area contributed by atoms with Crippen LogP contribution in [0.25, 0.3) is 0 Å². The number of benzene rings is 2. The van der Waals surface area contributed by atoms with Crippen LogP contribution in [0, 0.1) is 19.3 Å². The van der Waals surface area contributed by atoms with Gasteiger partial charge in [0.1, 0.15) is 17.7 Å². The predicted molar refractivity (Wildman–Crippen MR) is 151 cm³/mol. The number of nitrogens with one attached hydrogen (secondary N) is 2. The van der Waals surface area contributed by atoms with Gasteiger partial charge in [-0.05, 0) is 63.4 Å². The second kappa shape index (κ2) is 13.4. The largest absolute Gasteiger partial charge is 0.444 e. The van der Waals surface area contributed by atoms with Crippen LogP contribution < -0.4 is 10.6 Å². The summed E-state index contributed by atoms with van der Waals surface area (Å²) in [5.74, 6) is 1.63. The average Bonchev–Trinajstić information content (AvgIpc) is 2.83. The van der Waals surface area contributed by atoms with Gasteiger partial charge in [-0.1, -0.05) is 48.7 Å². The van der Waals surface area contributed by atoms with Crippen molar-refractivity contribution in [3.05, 3.63) is 64.2 Å². The summed E-state index contributed by atoms with van der Waals surface area (Å²) < 4.78 is 5.32. The molecule has 0 saturated heterocycles. The molecule has 0 heterocycles. The van der Waals surface area contributed by atoms with Crippen LogP contribution in [0.3, 0.4) is 0 Å². The van der Waals surface area contributed by atoms with Gasteiger partial charge in [-0.15, -0.1) is 6.42 Å². The molecule has 7 nitrogen and oxygen atoms in total. The highest BCUT2D eigenvalue weighted by atomic mass is 35.5. The summed E-state index contributed by atoms with van der Waals surface area (Å²) in [7, 11) is 0. The number of rotatable bonds is 9. The van der Waals surface area contributed by atoms with E-state index in [2.05, 4.69) is 29.2 Å². The van der Waals surface area contributed by atoms with Crippen LogP contribution in [0.1, 0.15) is 56.8 Å². The van der Waals surface area contributed by atoms with E-state index >= 15 is 0 Å². The maximum Gasteiger partial charge on any atom is 0.408 e. The number of nitrogens with zero attached hydrogens (tertiary/aromatic N) is 1. The van der Waals surface area contributed by atoms with Crippen LogP contribution in [0.4, 0.5) is 10.5 Å². The van der Waals surface area contributed by atoms with Gasteiger partial charge >= 0.3 is 6.09 Å². The van der Waals surface area contributed by atoms with Crippen LogP contribution in [-0.4, -0.2) is 46.7 Å². The number of aryl methyl sites for hydroxylation is 1. The summed E-state index contributed by atoms with van der Waals surface area (Å²) in [6.45, 7) is 9.15. The summed E-state index contributed by atoms with van der Waals surface area (Å²) in [6.07, 6.45) is 5.32. The highest BCUT2D eigenvalue weighted by molar-refractivity contribution is 7.80. The number of carbonyl (C=O) groups excluding carboxylic acids is 3. The molecule has 3 amide bonds. The number of ether oxygens (including phenoxy) is 1. The van der Waals surface area contributed by atoms with Crippen LogP contribution in [-0.2, 0) is 14.3 Å². The van der Waals surface area contributed by atoms with Crippen molar-refractivity contribution in [2.45, 2.75) is 58.7 Å². The molecule has 0 spiro atoms. The molecule has 0 aliphatic heterocycles. The Morgan fingerprint density at radius 3 is 2.32 bits per heavy atom. The molecule has 9 heteroatoms. The van der Waals surface area contributed by atoms with Crippen molar-refractivity contribution >= 4 is 47.8 Å². The van der Waals surface area contributed by atoms with Gasteiger partial charge in [0.05, 0.1) is 10.7 Å². The van der Waals surface area contributed by atoms with E-state index in [0.29, 0.717) is 28.3 Å². The van der Waals surface area contributed by atoms with E-state index in [1.54, 1.807) is 57.2 Å². The first kappa shape index (κ1) is 30.1. The second-order valence-electron chi connectivity index (χ2n) is 9.50. The number of halogens is 1. The summed E-state index contributed by atoms with van der Waals surface area (Å²) in [5, 5.41) is 5.85. The molecule has 2 atom stereocenters. The van der Waals surface area contributed by atoms with Crippen molar-refractivity contribution < 1.29 is 19.1 Å². The second-order valence-corrected chi connectivity index (χ2v) is 10.3. The number of anilines is 1. The number of hydrogen-bond acceptors (Lipinski definition) is 5. The van der Waals surface area contributed by atoms with Gasteiger partial charge in [-0.3, -0.25) is 9.59 Å². The number of thiol groups is 1. The number of para-hydroxylation sites is 1. The average molecular weight is 544 g/mol. The van der Waals surface area contributed by atoms with Crippen LogP contribution in [0.15, 0.2) is 42.5 Å². The molecule has 2 aromatic rings. The fraction of sp³-hybridized carbons (Fsp3) is 0.393. The maximum absolute atomic E-state index is 13.8. The molecule has 0 radical (unpaired) electrons. The Labute approximate surface area is 229 Å². The van der Waals surface area contributed by atoms with E-state index in [1.165, 1.54) is 4.90 Å². The fourth-order valence-electron chi connectivity index (χ4n) is 3.66. The van der Waals surface area contributed by atoms with Gasteiger partial charge in [0.15, 0.2) is 0 Å². The van der Waals surface area contributed by atoms with E-state index in [0.717, 1.165) is 5.56 Å². The zero-order chi connectivity index (χ0) is 27.8. The minimum Gasteiger partial charge on any atom is -0.444 e. The lowest BCUT2D eigenvalue weighted by Crippen LogP contribution is -2.53. The highest BCUT2D eigenvalue weighted by Crippen LogP contribution is 2.29. The van der Waals surface area contributed by atoms with E-state index in [1.807, 2.05) is 19.9 Å². The molecule has 2 aromatic carbocycles. The standard InChI is InChI=1S/C28H34ClN3O4S/c1-7-16-32(26(34)22(17-37)30-27(35)36-28(4,5)6)24(20-14-12-19(8-2)13-15-20)25(33)31-23-18(3)10-9-11-21(23)29/h2,9-15,22,24,37H,7,16-17H2,1,3-6H3,(H,30,35)(H,31,33). The maximum atomic E-state index is 13.8. The first-order chi connectivity index (χ1) is 17.4. The molecule has 0 aromatic heterocycles. The first-order valence-corrected chi connectivity index (χ1v) is 13.0. The van der Waals surface area contributed by atoms with Crippen LogP contribution in [0.5, 0.6) is 0 Å². The summed E-state index contributed by atoms with van der Waals surface area (Å²) in [4.78, 5) is 41.4. The molecular weight excluding hydrogens is 510 g/mol. The molecule has 0 aliphatic carbocycles. The quantitative estimate of drug-likeness (QED) is 0.293. The Bertz CT molecular complexity index is 1140. The Kier molecular flexibility index (Phi) is 10.9. The topological polar surface area (TPSA) is 87.7 Å². The third-order valence-corrected chi connectivity index (χ3v) is 6.02. The molecule has 198 valence electrons. The van der Waals surface area contributed by atoms with Gasteiger partial charge in [0, 0.05) is 17.9 Å². The number of alkyl carbamates (subject to hydrolysis) is 1. The first-order valence-electron chi connectivity index (χ1n) is 11.9. The van der Waals surface area contributed by atoms with Crippen LogP contribution >= 0.6 is 24.2 Å². The SMILES string of the molecule is C#Cc1ccc(C(C(=O)Nc2c(C)cccc2Cl)N(CCC)C(=O)C(CS)NC(=O)OC(C)(C)C)cc1. The minimum absolute atomic E-state index is 0.00623. The molecule has 0 saturated carbocycles. The normalized spacial score (nSPS) is 12.6. The molecule has 0 bridgehead atoms. The van der Waals surface area contributed by atoms with Gasteiger partial charge in [-0.2, -0.15) is 12.6 Å². The van der Waals surface area contributed by atoms with Gasteiger partial charge in [-0.25, -0.2) is 4.79 Å². The smallest absolute Gasteiger partial charge is 0.408 e. The van der Waals surface area contributed by atoms with Crippen molar-refractivity contribution in [3.8, 4) is 12.3 Å². The highest BCUT2D eigenvalue weighted by Gasteiger charge is 2.35. The third-order valence-electron chi connectivity index (χ3n) is 5.34. The zero-order valence-electron chi connectivity index (χ0n) is 21.8. The van der Waals surface area contributed by atoms with E-state index in [9.17, 15) is 14.4 Å². The molecule has 0 fully saturated rings.